The minimum Gasteiger partial charge on any atom is -0.304 e. The highest BCUT2D eigenvalue weighted by molar-refractivity contribution is 6.80. The van der Waals surface area contributed by atoms with Crippen LogP contribution in [0.5, 0.6) is 0 Å². The van der Waals surface area contributed by atoms with Crippen LogP contribution in [0.2, 0.25) is 5.67 Å². The molecule has 162 valence electrons. The molecule has 3 aliphatic rings. The summed E-state index contributed by atoms with van der Waals surface area (Å²) >= 11 is 0. The van der Waals surface area contributed by atoms with E-state index in [0.717, 1.165) is 0 Å². The number of nitrogens with zero attached hydrogens (tertiary/aromatic N) is 6. The van der Waals surface area contributed by atoms with Gasteiger partial charge >= 0.3 is 0 Å². The number of hydrogen-bond acceptors (Lipinski definition) is 6. The van der Waals surface area contributed by atoms with Crippen molar-refractivity contribution in [3.05, 3.63) is 11.3 Å². The highest BCUT2D eigenvalue weighted by Crippen LogP contribution is 2.28. The van der Waals surface area contributed by atoms with Gasteiger partial charge in [-0.05, 0) is 40.7 Å². The van der Waals surface area contributed by atoms with Crippen LogP contribution in [0.1, 0.15) is 13.8 Å². The van der Waals surface area contributed by atoms with Gasteiger partial charge in [0.25, 0.3) is 8.56 Å². The van der Waals surface area contributed by atoms with Gasteiger partial charge in [0, 0.05) is 88.1 Å². The Kier molecular flexibility index (Phi) is 8.32. The molecule has 0 aromatic rings. The van der Waals surface area contributed by atoms with E-state index in [1.165, 1.54) is 89.8 Å². The van der Waals surface area contributed by atoms with Gasteiger partial charge in [0.2, 0.25) is 0 Å². The van der Waals surface area contributed by atoms with Gasteiger partial charge in [-0.3, -0.25) is 13.7 Å². The maximum Gasteiger partial charge on any atom is 0.286 e. The summed E-state index contributed by atoms with van der Waals surface area (Å²) in [7, 11) is 4.90. The molecule has 28 heavy (non-hydrogen) atoms. The molecule has 0 spiro atoms. The summed E-state index contributed by atoms with van der Waals surface area (Å²) in [4.78, 5) is 7.57. The lowest BCUT2D eigenvalue weighted by Gasteiger charge is -2.58. The van der Waals surface area contributed by atoms with E-state index in [1.807, 2.05) is 0 Å². The molecular formula is C20H44N6Si2. The molecule has 0 N–H and O–H groups in total. The van der Waals surface area contributed by atoms with E-state index in [2.05, 4.69) is 69.1 Å². The number of allylic oxidation sites excluding steroid dienone is 1. The van der Waals surface area contributed by atoms with Crippen molar-refractivity contribution in [1.82, 2.24) is 28.4 Å². The van der Waals surface area contributed by atoms with Gasteiger partial charge in [-0.25, -0.2) is 0 Å². The monoisotopic (exact) mass is 424 g/mol. The zero-order valence-electron chi connectivity index (χ0n) is 19.2. The molecule has 3 heterocycles. The van der Waals surface area contributed by atoms with Gasteiger partial charge in [0.05, 0.1) is 0 Å². The van der Waals surface area contributed by atoms with Gasteiger partial charge in [-0.15, -0.1) is 5.70 Å². The van der Waals surface area contributed by atoms with Crippen LogP contribution in [0.4, 0.5) is 0 Å². The second-order valence-electron chi connectivity index (χ2n) is 9.47. The summed E-state index contributed by atoms with van der Waals surface area (Å²) in [5.74, 6) is 0. The third-order valence-electron chi connectivity index (χ3n) is 7.06. The van der Waals surface area contributed by atoms with Crippen molar-refractivity contribution in [2.24, 2.45) is 0 Å². The van der Waals surface area contributed by atoms with E-state index < -0.39 is 8.56 Å². The van der Waals surface area contributed by atoms with E-state index in [0.29, 0.717) is 0 Å². The molecule has 0 aliphatic carbocycles. The van der Waals surface area contributed by atoms with E-state index in [1.54, 1.807) is 0 Å². The van der Waals surface area contributed by atoms with Gasteiger partial charge < -0.3 is 14.7 Å². The zero-order valence-corrected chi connectivity index (χ0v) is 21.6. The second-order valence-corrected chi connectivity index (χ2v) is 15.9. The summed E-state index contributed by atoms with van der Waals surface area (Å²) in [5, 5.41) is 0. The predicted octanol–water partition coefficient (Wildman–Crippen LogP) is -0.282. The Morgan fingerprint density at radius 1 is 0.643 bits per heavy atom. The third kappa shape index (κ3) is 5.34. The summed E-state index contributed by atoms with van der Waals surface area (Å²) in [6.45, 7) is 19.6. The average Bonchev–Trinajstić information content (AvgIpc) is 2.68. The lowest BCUT2D eigenvalue weighted by Crippen LogP contribution is -2.80. The van der Waals surface area contributed by atoms with Crippen LogP contribution < -0.4 is 0 Å². The fraction of sp³-hybridized carbons (Fsp3) is 0.900. The molecule has 0 radical (unpaired) electrons. The first-order valence-corrected chi connectivity index (χ1v) is 15.2. The molecule has 0 aromatic heterocycles. The minimum atomic E-state index is -1.81. The Bertz CT molecular complexity index is 448. The summed E-state index contributed by atoms with van der Waals surface area (Å²) in [6, 6.07) is 0. The molecule has 0 atom stereocenters. The van der Waals surface area contributed by atoms with E-state index in [-0.39, 0.29) is 9.52 Å². The van der Waals surface area contributed by atoms with Crippen molar-refractivity contribution in [3.8, 4) is 0 Å². The fourth-order valence-electron chi connectivity index (χ4n) is 5.12. The highest BCUT2D eigenvalue weighted by atomic mass is 28.4. The van der Waals surface area contributed by atoms with Crippen molar-refractivity contribution < 1.29 is 0 Å². The number of piperazine rings is 3. The Hall–Kier alpha value is -0.0662. The lowest BCUT2D eigenvalue weighted by molar-refractivity contribution is 0.123. The molecule has 0 aromatic carbocycles. The van der Waals surface area contributed by atoms with Crippen LogP contribution in [0.3, 0.4) is 0 Å². The number of hydrogen-bond donors (Lipinski definition) is 0. The van der Waals surface area contributed by atoms with E-state index in [9.17, 15) is 0 Å². The van der Waals surface area contributed by atoms with Crippen LogP contribution in [0.25, 0.3) is 0 Å². The van der Waals surface area contributed by atoms with Crippen LogP contribution >= 0.6 is 0 Å². The maximum absolute atomic E-state index is 3.02. The van der Waals surface area contributed by atoms with Gasteiger partial charge in [-0.2, -0.15) is 0 Å². The van der Waals surface area contributed by atoms with Crippen molar-refractivity contribution in [3.63, 3.8) is 0 Å². The first-order chi connectivity index (χ1) is 13.4. The standard InChI is InChI=1S/C20H44N6Si2/c1-20(2)18-27-19-28(24-12-6-21(3)7-13-24,25-14-8-22(4)9-15-25)26-16-10-23(5)11-17-26/h18H,6-17,19,27H2,1-5H3. The van der Waals surface area contributed by atoms with Crippen LogP contribution in [-0.4, -0.2) is 146 Å². The highest BCUT2D eigenvalue weighted by Gasteiger charge is 2.51. The fourth-order valence-corrected chi connectivity index (χ4v) is 15.6. The summed E-state index contributed by atoms with van der Waals surface area (Å²) in [6.07, 6.45) is 0. The maximum atomic E-state index is 3.02. The molecule has 3 aliphatic heterocycles. The van der Waals surface area contributed by atoms with Crippen LogP contribution in [-0.2, 0) is 0 Å². The number of rotatable bonds is 6. The van der Waals surface area contributed by atoms with Crippen molar-refractivity contribution in [1.29, 1.82) is 0 Å². The molecule has 6 nitrogen and oxygen atoms in total. The first-order valence-electron chi connectivity index (χ1n) is 11.4. The SMILES string of the molecule is CC(C)=C[SiH2]C[Si](N1CCN(C)CC1)(N1CCN(C)CC1)N1CCN(C)CC1. The molecule has 3 fully saturated rings. The van der Waals surface area contributed by atoms with Crippen molar-refractivity contribution >= 4 is 18.1 Å². The molecule has 3 saturated heterocycles. The van der Waals surface area contributed by atoms with E-state index >= 15 is 0 Å². The van der Waals surface area contributed by atoms with Gasteiger partial charge in [0.1, 0.15) is 0 Å². The zero-order chi connectivity index (χ0) is 20.1. The Labute approximate surface area is 177 Å². The van der Waals surface area contributed by atoms with Crippen molar-refractivity contribution in [2.75, 3.05) is 99.7 Å². The topological polar surface area (TPSA) is 19.4 Å². The normalized spacial score (nSPS) is 26.3. The van der Waals surface area contributed by atoms with Crippen molar-refractivity contribution in [2.45, 2.75) is 19.5 Å². The second kappa shape index (κ2) is 10.3. The molecule has 8 heteroatoms. The third-order valence-corrected chi connectivity index (χ3v) is 16.4. The summed E-state index contributed by atoms with van der Waals surface area (Å²) < 4.78 is 9.07. The molecule has 0 saturated carbocycles. The van der Waals surface area contributed by atoms with E-state index in [4.69, 9.17) is 0 Å². The largest absolute Gasteiger partial charge is 0.304 e. The van der Waals surface area contributed by atoms with Gasteiger partial charge in [-0.1, -0.05) is 5.57 Å². The van der Waals surface area contributed by atoms with Crippen LogP contribution in [0, 0.1) is 0 Å². The molecule has 3 rings (SSSR count). The Balaban J connectivity index is 1.90. The first kappa shape index (κ1) is 22.6. The van der Waals surface area contributed by atoms with Crippen LogP contribution in [0.15, 0.2) is 11.3 Å². The Morgan fingerprint density at radius 3 is 1.25 bits per heavy atom. The number of likely N-dealkylation sites (N-methyl/N-ethyl adjacent to an activating group) is 3. The Morgan fingerprint density at radius 2 is 0.964 bits per heavy atom. The minimum absolute atomic E-state index is 0.181. The smallest absolute Gasteiger partial charge is 0.286 e. The average molecular weight is 425 g/mol. The molecular weight excluding hydrogens is 380 g/mol. The molecule has 0 bridgehead atoms. The lowest BCUT2D eigenvalue weighted by atomic mass is 10.4. The quantitative estimate of drug-likeness (QED) is 0.542. The predicted molar refractivity (Wildman–Crippen MR) is 126 cm³/mol. The molecule has 0 unspecified atom stereocenters. The molecule has 0 amide bonds. The van der Waals surface area contributed by atoms with Gasteiger partial charge in [0.15, 0.2) is 0 Å². The summed E-state index contributed by atoms with van der Waals surface area (Å²) in [5.41, 5.74) is 5.66.